The van der Waals surface area contributed by atoms with Gasteiger partial charge in [-0.1, -0.05) is 6.08 Å². The van der Waals surface area contributed by atoms with Crippen LogP contribution < -0.4 is 15.8 Å². The van der Waals surface area contributed by atoms with Crippen molar-refractivity contribution in [3.05, 3.63) is 28.8 Å². The summed E-state index contributed by atoms with van der Waals surface area (Å²) in [5.74, 6) is 0.167. The minimum atomic E-state index is -0.501. The molecule has 7 heteroatoms. The van der Waals surface area contributed by atoms with Crippen molar-refractivity contribution in [2.75, 3.05) is 20.2 Å². The lowest BCUT2D eigenvalue weighted by atomic mass is 10.00. The Morgan fingerprint density at radius 1 is 1.48 bits per heavy atom. The largest absolute Gasteiger partial charge is 0.494 e. The number of carbonyl (C=O) groups excluding carboxylic acids is 1. The van der Waals surface area contributed by atoms with Crippen molar-refractivity contribution in [1.29, 1.82) is 0 Å². The molecule has 0 aliphatic carbocycles. The van der Waals surface area contributed by atoms with Gasteiger partial charge in [0.15, 0.2) is 5.01 Å². The van der Waals surface area contributed by atoms with E-state index in [2.05, 4.69) is 16.4 Å². The Bertz CT molecular complexity index is 712. The van der Waals surface area contributed by atoms with E-state index < -0.39 is 5.91 Å². The molecule has 1 aromatic heterocycles. The summed E-state index contributed by atoms with van der Waals surface area (Å²) in [6.07, 6.45) is 3.14. The average molecular weight is 326 g/mol. The summed E-state index contributed by atoms with van der Waals surface area (Å²) in [7, 11) is 1.60. The van der Waals surface area contributed by atoms with E-state index in [9.17, 15) is 4.79 Å². The van der Waals surface area contributed by atoms with Crippen molar-refractivity contribution in [3.8, 4) is 5.75 Å². The lowest BCUT2D eigenvalue weighted by Gasteiger charge is -2.15. The predicted octanol–water partition coefficient (Wildman–Crippen LogP) is 2.20. The Morgan fingerprint density at radius 3 is 2.90 bits per heavy atom. The van der Waals surface area contributed by atoms with E-state index in [1.54, 1.807) is 7.11 Å². The second kappa shape index (κ2) is 6.43. The Kier molecular flexibility index (Phi) is 4.82. The molecule has 0 radical (unpaired) electrons. The molecule has 3 N–H and O–H groups in total. The quantitative estimate of drug-likeness (QED) is 0.907. The van der Waals surface area contributed by atoms with E-state index in [1.807, 2.05) is 12.1 Å². The Morgan fingerprint density at radius 2 is 2.29 bits per heavy atom. The number of ether oxygens (including phenoxy) is 1. The molecule has 0 saturated heterocycles. The number of fused-ring (bicyclic) bond motifs is 1. The maximum Gasteiger partial charge on any atom is 0.277 e. The number of halogens is 1. The van der Waals surface area contributed by atoms with Crippen LogP contribution in [-0.4, -0.2) is 31.1 Å². The molecule has 0 spiro atoms. The second-order valence-corrected chi connectivity index (χ2v) is 5.56. The van der Waals surface area contributed by atoms with Gasteiger partial charge in [-0.05, 0) is 36.2 Å². The Balaban J connectivity index is 0.00000161. The van der Waals surface area contributed by atoms with Gasteiger partial charge in [0, 0.05) is 6.54 Å². The zero-order valence-electron chi connectivity index (χ0n) is 11.5. The van der Waals surface area contributed by atoms with Crippen molar-refractivity contribution in [2.45, 2.75) is 6.42 Å². The number of methoxy groups -OCH3 is 1. The molecule has 112 valence electrons. The number of rotatable bonds is 3. The number of benzene rings is 1. The minimum absolute atomic E-state index is 0. The molecule has 0 saturated carbocycles. The molecule has 1 aromatic carbocycles. The van der Waals surface area contributed by atoms with Crippen molar-refractivity contribution < 1.29 is 9.53 Å². The van der Waals surface area contributed by atoms with Gasteiger partial charge >= 0.3 is 0 Å². The van der Waals surface area contributed by atoms with Gasteiger partial charge in [-0.15, -0.1) is 23.7 Å². The first kappa shape index (κ1) is 15.8. The topological polar surface area (TPSA) is 77.2 Å². The maximum absolute atomic E-state index is 11.4. The highest BCUT2D eigenvalue weighted by molar-refractivity contribution is 7.20. The average Bonchev–Trinajstić information content (AvgIpc) is 2.92. The highest BCUT2D eigenvalue weighted by Gasteiger charge is 2.18. The standard InChI is InChI=1S/C14H15N3O2S.ClH/c1-19-10-3-2-9(8-4-6-16-7-5-8)12-11(10)17-14(20-12)13(15)18;/h2-4,16H,5-7H2,1H3,(H2,15,18);1H. The van der Waals surface area contributed by atoms with E-state index in [0.29, 0.717) is 16.3 Å². The predicted molar refractivity (Wildman–Crippen MR) is 87.4 cm³/mol. The molecular weight excluding hydrogens is 310 g/mol. The van der Waals surface area contributed by atoms with Crippen LogP contribution in [0.5, 0.6) is 5.75 Å². The third-order valence-corrected chi connectivity index (χ3v) is 4.45. The normalized spacial score (nSPS) is 14.4. The van der Waals surface area contributed by atoms with Crippen molar-refractivity contribution >= 4 is 45.4 Å². The number of nitrogens with one attached hydrogen (secondary N) is 1. The van der Waals surface area contributed by atoms with Gasteiger partial charge in [0.2, 0.25) is 0 Å². The third-order valence-electron chi connectivity index (χ3n) is 3.35. The minimum Gasteiger partial charge on any atom is -0.494 e. The molecule has 0 unspecified atom stereocenters. The lowest BCUT2D eigenvalue weighted by molar-refractivity contribution is 0.1000. The second-order valence-electron chi connectivity index (χ2n) is 4.56. The molecule has 1 aliphatic rings. The molecule has 0 atom stereocenters. The fourth-order valence-corrected chi connectivity index (χ4v) is 3.36. The van der Waals surface area contributed by atoms with Crippen LogP contribution >= 0.6 is 23.7 Å². The van der Waals surface area contributed by atoms with Gasteiger partial charge in [-0.2, -0.15) is 0 Å². The van der Waals surface area contributed by atoms with E-state index in [4.69, 9.17) is 10.5 Å². The summed E-state index contributed by atoms with van der Waals surface area (Å²) in [6.45, 7) is 1.82. The summed E-state index contributed by atoms with van der Waals surface area (Å²) in [6, 6.07) is 3.92. The van der Waals surface area contributed by atoms with Gasteiger partial charge in [0.1, 0.15) is 11.3 Å². The van der Waals surface area contributed by atoms with Crippen LogP contribution in [0.1, 0.15) is 21.8 Å². The monoisotopic (exact) mass is 325 g/mol. The lowest BCUT2D eigenvalue weighted by Crippen LogP contribution is -2.20. The molecule has 3 rings (SSSR count). The van der Waals surface area contributed by atoms with Gasteiger partial charge < -0.3 is 15.8 Å². The molecule has 1 amide bonds. The number of thiazole rings is 1. The highest BCUT2D eigenvalue weighted by Crippen LogP contribution is 2.36. The zero-order valence-corrected chi connectivity index (χ0v) is 13.1. The molecule has 2 heterocycles. The number of primary amides is 1. The van der Waals surface area contributed by atoms with Crippen LogP contribution in [0, 0.1) is 0 Å². The molecule has 0 fully saturated rings. The summed E-state index contributed by atoms with van der Waals surface area (Å²) in [5, 5.41) is 3.61. The van der Waals surface area contributed by atoms with E-state index in [0.717, 1.165) is 29.8 Å². The van der Waals surface area contributed by atoms with Gasteiger partial charge in [-0.25, -0.2) is 4.98 Å². The van der Waals surface area contributed by atoms with Crippen LogP contribution in [0.15, 0.2) is 18.2 Å². The number of carbonyl (C=O) groups is 1. The number of nitrogens with zero attached hydrogens (tertiary/aromatic N) is 1. The number of amides is 1. The summed E-state index contributed by atoms with van der Waals surface area (Å²) in [4.78, 5) is 15.7. The fourth-order valence-electron chi connectivity index (χ4n) is 2.37. The summed E-state index contributed by atoms with van der Waals surface area (Å²) < 4.78 is 6.29. The number of nitrogens with two attached hydrogens (primary N) is 1. The first-order valence-electron chi connectivity index (χ1n) is 6.38. The first-order chi connectivity index (χ1) is 9.70. The van der Waals surface area contributed by atoms with E-state index >= 15 is 0 Å². The fraction of sp³-hybridized carbons (Fsp3) is 0.286. The van der Waals surface area contributed by atoms with Gasteiger partial charge in [-0.3, -0.25) is 4.79 Å². The molecule has 1 aliphatic heterocycles. The molecule has 2 aromatic rings. The SMILES string of the molecule is COc1ccc(C2=CCNCC2)c2sc(C(N)=O)nc12.Cl. The molecule has 0 bridgehead atoms. The molecule has 21 heavy (non-hydrogen) atoms. The van der Waals surface area contributed by atoms with Crippen LogP contribution in [0.4, 0.5) is 0 Å². The van der Waals surface area contributed by atoms with E-state index in [-0.39, 0.29) is 12.4 Å². The Hall–Kier alpha value is -1.63. The first-order valence-corrected chi connectivity index (χ1v) is 7.20. The van der Waals surface area contributed by atoms with Gasteiger partial charge in [0.25, 0.3) is 5.91 Å². The zero-order chi connectivity index (χ0) is 14.1. The smallest absolute Gasteiger partial charge is 0.277 e. The number of hydrogen-bond donors (Lipinski definition) is 2. The van der Waals surface area contributed by atoms with Crippen LogP contribution in [0.3, 0.4) is 0 Å². The molecular formula is C14H16ClN3O2S. The Labute approximate surface area is 132 Å². The summed E-state index contributed by atoms with van der Waals surface area (Å²) in [5.41, 5.74) is 8.44. The van der Waals surface area contributed by atoms with Crippen molar-refractivity contribution in [3.63, 3.8) is 0 Å². The third kappa shape index (κ3) is 2.88. The van der Waals surface area contributed by atoms with E-state index in [1.165, 1.54) is 16.9 Å². The maximum atomic E-state index is 11.4. The number of aromatic nitrogens is 1. The molecule has 5 nitrogen and oxygen atoms in total. The number of hydrogen-bond acceptors (Lipinski definition) is 5. The van der Waals surface area contributed by atoms with Crippen LogP contribution in [-0.2, 0) is 0 Å². The van der Waals surface area contributed by atoms with Crippen molar-refractivity contribution in [2.24, 2.45) is 5.73 Å². The van der Waals surface area contributed by atoms with Crippen LogP contribution in [0.2, 0.25) is 0 Å². The van der Waals surface area contributed by atoms with Gasteiger partial charge in [0.05, 0.1) is 11.8 Å². The van der Waals surface area contributed by atoms with Crippen molar-refractivity contribution in [1.82, 2.24) is 10.3 Å². The van der Waals surface area contributed by atoms with Crippen LogP contribution in [0.25, 0.3) is 15.8 Å². The summed E-state index contributed by atoms with van der Waals surface area (Å²) >= 11 is 1.33. The highest BCUT2D eigenvalue weighted by atomic mass is 35.5.